The summed E-state index contributed by atoms with van der Waals surface area (Å²) < 4.78 is 20.5. The number of carbonyl (C=O) groups excluding carboxylic acids is 1. The van der Waals surface area contributed by atoms with Crippen LogP contribution in [0.15, 0.2) is 24.4 Å². The number of aromatic nitrogens is 3. The zero-order valence-corrected chi connectivity index (χ0v) is 14.7. The molecule has 1 N–H and O–H groups in total. The molecule has 7 nitrogen and oxygen atoms in total. The summed E-state index contributed by atoms with van der Waals surface area (Å²) in [5.74, 6) is -0.597. The lowest BCUT2D eigenvalue weighted by Crippen LogP contribution is -2.48. The predicted molar refractivity (Wildman–Crippen MR) is 92.7 cm³/mol. The van der Waals surface area contributed by atoms with Gasteiger partial charge in [-0.25, -0.2) is 9.07 Å². The van der Waals surface area contributed by atoms with E-state index in [1.807, 2.05) is 0 Å². The summed E-state index contributed by atoms with van der Waals surface area (Å²) in [4.78, 5) is 14.8. The second-order valence-corrected chi connectivity index (χ2v) is 6.91. The fourth-order valence-electron chi connectivity index (χ4n) is 3.30. The number of aryl methyl sites for hydroxylation is 1. The highest BCUT2D eigenvalue weighted by atomic mass is 19.1. The SMILES string of the molecule is Cc1cc(F)ccc1-n1cc(C(=O)NCC2CN(C3CC3)CCO2)nn1. The lowest BCUT2D eigenvalue weighted by molar-refractivity contribution is -0.0293. The molecule has 0 spiro atoms. The average molecular weight is 359 g/mol. The Labute approximate surface area is 151 Å². The zero-order valence-electron chi connectivity index (χ0n) is 14.7. The number of nitrogens with zero attached hydrogens (tertiary/aromatic N) is 4. The Morgan fingerprint density at radius 1 is 1.42 bits per heavy atom. The Morgan fingerprint density at radius 2 is 2.27 bits per heavy atom. The minimum absolute atomic E-state index is 0.00249. The molecule has 1 saturated heterocycles. The first kappa shape index (κ1) is 17.1. The molecule has 26 heavy (non-hydrogen) atoms. The Balaban J connectivity index is 1.35. The summed E-state index contributed by atoms with van der Waals surface area (Å²) >= 11 is 0. The van der Waals surface area contributed by atoms with Gasteiger partial charge in [-0.1, -0.05) is 5.21 Å². The van der Waals surface area contributed by atoms with Gasteiger partial charge in [-0.05, 0) is 43.5 Å². The molecular weight excluding hydrogens is 337 g/mol. The molecule has 1 unspecified atom stereocenters. The van der Waals surface area contributed by atoms with E-state index in [0.29, 0.717) is 24.9 Å². The van der Waals surface area contributed by atoms with Gasteiger partial charge in [0.25, 0.3) is 5.91 Å². The monoisotopic (exact) mass is 359 g/mol. The van der Waals surface area contributed by atoms with Crippen LogP contribution in [0, 0.1) is 12.7 Å². The lowest BCUT2D eigenvalue weighted by Gasteiger charge is -2.32. The normalized spacial score (nSPS) is 20.9. The van der Waals surface area contributed by atoms with Crippen LogP contribution >= 0.6 is 0 Å². The maximum Gasteiger partial charge on any atom is 0.273 e. The summed E-state index contributed by atoms with van der Waals surface area (Å²) in [5, 5.41) is 10.8. The third-order valence-corrected chi connectivity index (χ3v) is 4.86. The number of amides is 1. The molecule has 0 bridgehead atoms. The van der Waals surface area contributed by atoms with E-state index in [-0.39, 0.29) is 23.5 Å². The van der Waals surface area contributed by atoms with Crippen molar-refractivity contribution in [2.75, 3.05) is 26.2 Å². The molecule has 8 heteroatoms. The van der Waals surface area contributed by atoms with Crippen molar-refractivity contribution in [3.05, 3.63) is 41.5 Å². The fourth-order valence-corrected chi connectivity index (χ4v) is 3.30. The summed E-state index contributed by atoms with van der Waals surface area (Å²) in [5.41, 5.74) is 1.63. The molecule has 138 valence electrons. The summed E-state index contributed by atoms with van der Waals surface area (Å²) in [6, 6.07) is 5.10. The Bertz CT molecular complexity index is 805. The van der Waals surface area contributed by atoms with Crippen LogP contribution < -0.4 is 5.32 Å². The van der Waals surface area contributed by atoms with Gasteiger partial charge in [-0.15, -0.1) is 5.10 Å². The number of ether oxygens (including phenoxy) is 1. The first-order valence-electron chi connectivity index (χ1n) is 8.93. The molecule has 2 heterocycles. The van der Waals surface area contributed by atoms with Crippen LogP contribution in [0.4, 0.5) is 4.39 Å². The highest BCUT2D eigenvalue weighted by Crippen LogP contribution is 2.28. The smallest absolute Gasteiger partial charge is 0.273 e. The number of benzene rings is 1. The van der Waals surface area contributed by atoms with Gasteiger partial charge in [0, 0.05) is 25.7 Å². The quantitative estimate of drug-likeness (QED) is 0.871. The van der Waals surface area contributed by atoms with Crippen molar-refractivity contribution >= 4 is 5.91 Å². The standard InChI is InChI=1S/C18H22FN5O2/c1-12-8-13(19)2-5-17(12)24-11-16(21-22-24)18(25)20-9-15-10-23(6-7-26-15)14-3-4-14/h2,5,8,11,14-15H,3-4,6-7,9-10H2,1H3,(H,20,25). The van der Waals surface area contributed by atoms with Gasteiger partial charge >= 0.3 is 0 Å². The number of nitrogens with one attached hydrogen (secondary N) is 1. The van der Waals surface area contributed by atoms with Gasteiger partial charge in [-0.3, -0.25) is 9.69 Å². The van der Waals surface area contributed by atoms with Crippen LogP contribution in [0.2, 0.25) is 0 Å². The molecule has 2 fully saturated rings. The number of halogens is 1. The van der Waals surface area contributed by atoms with Crippen LogP contribution in [0.25, 0.3) is 5.69 Å². The van der Waals surface area contributed by atoms with Crippen molar-refractivity contribution in [3.63, 3.8) is 0 Å². The van der Waals surface area contributed by atoms with E-state index in [9.17, 15) is 9.18 Å². The average Bonchev–Trinajstić information content (AvgIpc) is 3.38. The summed E-state index contributed by atoms with van der Waals surface area (Å²) in [6.45, 7) is 4.76. The van der Waals surface area contributed by atoms with Crippen molar-refractivity contribution in [2.24, 2.45) is 0 Å². The summed E-state index contributed by atoms with van der Waals surface area (Å²) in [7, 11) is 0. The predicted octanol–water partition coefficient (Wildman–Crippen LogP) is 1.31. The number of hydrogen-bond acceptors (Lipinski definition) is 5. The third kappa shape index (κ3) is 3.76. The lowest BCUT2D eigenvalue weighted by atomic mass is 10.2. The van der Waals surface area contributed by atoms with Crippen molar-refractivity contribution in [1.29, 1.82) is 0 Å². The van der Waals surface area contributed by atoms with Gasteiger partial charge in [0.1, 0.15) is 5.82 Å². The van der Waals surface area contributed by atoms with Crippen molar-refractivity contribution in [2.45, 2.75) is 31.9 Å². The minimum Gasteiger partial charge on any atom is -0.374 e. The Kier molecular flexibility index (Phi) is 4.69. The number of rotatable bonds is 5. The first-order chi connectivity index (χ1) is 12.6. The Hall–Kier alpha value is -2.32. The topological polar surface area (TPSA) is 72.3 Å². The van der Waals surface area contributed by atoms with E-state index >= 15 is 0 Å². The third-order valence-electron chi connectivity index (χ3n) is 4.86. The van der Waals surface area contributed by atoms with Gasteiger partial charge in [0.15, 0.2) is 5.69 Å². The second-order valence-electron chi connectivity index (χ2n) is 6.91. The largest absolute Gasteiger partial charge is 0.374 e. The van der Waals surface area contributed by atoms with E-state index < -0.39 is 0 Å². The molecule has 1 aromatic heterocycles. The maximum absolute atomic E-state index is 13.2. The molecule has 1 aliphatic carbocycles. The molecular formula is C18H22FN5O2. The van der Waals surface area contributed by atoms with E-state index in [0.717, 1.165) is 18.7 Å². The van der Waals surface area contributed by atoms with Gasteiger partial charge in [-0.2, -0.15) is 0 Å². The highest BCUT2D eigenvalue weighted by Gasteiger charge is 2.33. The molecule has 1 aliphatic heterocycles. The molecule has 4 rings (SSSR count). The van der Waals surface area contributed by atoms with Crippen LogP contribution in [-0.2, 0) is 4.74 Å². The second kappa shape index (κ2) is 7.13. The van der Waals surface area contributed by atoms with E-state index in [1.165, 1.54) is 29.7 Å². The van der Waals surface area contributed by atoms with E-state index in [2.05, 4.69) is 20.5 Å². The summed E-state index contributed by atoms with van der Waals surface area (Å²) in [6.07, 6.45) is 4.09. The first-order valence-corrected chi connectivity index (χ1v) is 8.93. The van der Waals surface area contributed by atoms with Crippen LogP contribution in [0.3, 0.4) is 0 Å². The fraction of sp³-hybridized carbons (Fsp3) is 0.500. The van der Waals surface area contributed by atoms with Gasteiger partial charge < -0.3 is 10.1 Å². The van der Waals surface area contributed by atoms with Gasteiger partial charge in [0.05, 0.1) is 24.6 Å². The molecule has 2 aliphatic rings. The maximum atomic E-state index is 13.2. The zero-order chi connectivity index (χ0) is 18.1. The van der Waals surface area contributed by atoms with E-state index in [1.54, 1.807) is 19.2 Å². The number of carbonyl (C=O) groups is 1. The highest BCUT2D eigenvalue weighted by molar-refractivity contribution is 5.91. The molecule has 0 radical (unpaired) electrons. The molecule has 1 atom stereocenters. The molecule has 1 amide bonds. The molecule has 1 aromatic carbocycles. The van der Waals surface area contributed by atoms with Crippen molar-refractivity contribution < 1.29 is 13.9 Å². The van der Waals surface area contributed by atoms with Crippen LogP contribution in [0.5, 0.6) is 0 Å². The number of morpholine rings is 1. The number of hydrogen-bond donors (Lipinski definition) is 1. The van der Waals surface area contributed by atoms with Crippen LogP contribution in [-0.4, -0.2) is 64.2 Å². The van der Waals surface area contributed by atoms with Crippen LogP contribution in [0.1, 0.15) is 28.9 Å². The molecule has 1 saturated carbocycles. The minimum atomic E-state index is -0.308. The van der Waals surface area contributed by atoms with E-state index in [4.69, 9.17) is 4.74 Å². The van der Waals surface area contributed by atoms with Crippen molar-refractivity contribution in [3.8, 4) is 5.69 Å². The molecule has 2 aromatic rings. The van der Waals surface area contributed by atoms with Crippen molar-refractivity contribution in [1.82, 2.24) is 25.2 Å². The Morgan fingerprint density at radius 3 is 3.04 bits per heavy atom. The van der Waals surface area contributed by atoms with Gasteiger partial charge in [0.2, 0.25) is 0 Å².